The van der Waals surface area contributed by atoms with Crippen LogP contribution in [0.5, 0.6) is 0 Å². The normalized spacial score (nSPS) is 11.2. The zero-order valence-corrected chi connectivity index (χ0v) is 14.5. The highest BCUT2D eigenvalue weighted by Crippen LogP contribution is 2.21. The van der Waals surface area contributed by atoms with Crippen molar-refractivity contribution < 1.29 is 23.8 Å². The Morgan fingerprint density at radius 2 is 1.86 bits per heavy atom. The summed E-state index contributed by atoms with van der Waals surface area (Å²) in [7, 11) is 1.32. The summed E-state index contributed by atoms with van der Waals surface area (Å²) < 4.78 is 15.2. The van der Waals surface area contributed by atoms with Gasteiger partial charge in [0.1, 0.15) is 12.2 Å². The van der Waals surface area contributed by atoms with E-state index in [0.29, 0.717) is 10.5 Å². The molecular weight excluding hydrogens is 304 g/mol. The van der Waals surface area contributed by atoms with Gasteiger partial charge in [0.25, 0.3) is 0 Å². The molecule has 0 aliphatic rings. The highest BCUT2D eigenvalue weighted by Gasteiger charge is 2.17. The molecule has 0 aromatic heterocycles. The second-order valence-corrected chi connectivity index (χ2v) is 6.33. The van der Waals surface area contributed by atoms with Crippen molar-refractivity contribution in [2.75, 3.05) is 13.7 Å². The quantitative estimate of drug-likeness (QED) is 0.666. The first-order valence-electron chi connectivity index (χ1n) is 6.84. The fourth-order valence-electron chi connectivity index (χ4n) is 1.76. The molecule has 0 fully saturated rings. The van der Waals surface area contributed by atoms with Crippen LogP contribution in [0.3, 0.4) is 0 Å². The molecule has 122 valence electrons. The predicted molar refractivity (Wildman–Crippen MR) is 85.3 cm³/mol. The zero-order chi connectivity index (χ0) is 16.9. The number of benzene rings is 1. The summed E-state index contributed by atoms with van der Waals surface area (Å²) in [4.78, 5) is 23.8. The fraction of sp³-hybridized carbons (Fsp3) is 0.500. The number of carbonyl (C=O) groups excluding carboxylic acids is 2. The first kappa shape index (κ1) is 18.5. The Bertz CT molecular complexity index is 560. The number of esters is 2. The molecule has 0 heterocycles. The van der Waals surface area contributed by atoms with Gasteiger partial charge in [-0.2, -0.15) is 0 Å². The van der Waals surface area contributed by atoms with Crippen LogP contribution in [-0.4, -0.2) is 31.3 Å². The predicted octanol–water partition coefficient (Wildman–Crippen LogP) is 2.93. The zero-order valence-electron chi connectivity index (χ0n) is 13.6. The number of thiol groups is 1. The standard InChI is InChI=1S/C16H22O5S/c1-10-12(6-11(7-13(10)22)15(18)19-5)8-20-9-14(17)21-16(2,3)4/h6-7,22H,8-9H2,1-5H3. The summed E-state index contributed by atoms with van der Waals surface area (Å²) in [6.45, 7) is 7.28. The van der Waals surface area contributed by atoms with Crippen LogP contribution in [0.25, 0.3) is 0 Å². The molecule has 0 radical (unpaired) electrons. The van der Waals surface area contributed by atoms with Gasteiger partial charge in [-0.05, 0) is 51.0 Å². The molecule has 0 spiro atoms. The lowest BCUT2D eigenvalue weighted by Gasteiger charge is -2.19. The maximum absolute atomic E-state index is 11.6. The second kappa shape index (κ2) is 7.65. The third-order valence-corrected chi connectivity index (χ3v) is 3.27. The molecule has 0 bridgehead atoms. The number of hydrogen-bond acceptors (Lipinski definition) is 6. The van der Waals surface area contributed by atoms with E-state index >= 15 is 0 Å². The lowest BCUT2D eigenvalue weighted by Crippen LogP contribution is -2.26. The van der Waals surface area contributed by atoms with Crippen LogP contribution >= 0.6 is 12.6 Å². The molecule has 5 nitrogen and oxygen atoms in total. The minimum atomic E-state index is -0.542. The average Bonchev–Trinajstić information content (AvgIpc) is 2.40. The molecule has 0 aliphatic carbocycles. The summed E-state index contributed by atoms with van der Waals surface area (Å²) in [5.41, 5.74) is 1.52. The van der Waals surface area contributed by atoms with Gasteiger partial charge in [0.05, 0.1) is 19.3 Å². The molecular formula is C16H22O5S. The molecule has 0 amide bonds. The first-order chi connectivity index (χ1) is 10.1. The third kappa shape index (κ3) is 5.69. The minimum absolute atomic E-state index is 0.152. The lowest BCUT2D eigenvalue weighted by molar-refractivity contribution is -0.160. The van der Waals surface area contributed by atoms with Gasteiger partial charge in [0.15, 0.2) is 0 Å². The molecule has 1 aromatic carbocycles. The first-order valence-corrected chi connectivity index (χ1v) is 7.29. The Balaban J connectivity index is 2.71. The van der Waals surface area contributed by atoms with E-state index in [4.69, 9.17) is 14.2 Å². The Morgan fingerprint density at radius 1 is 1.23 bits per heavy atom. The molecule has 0 saturated carbocycles. The van der Waals surface area contributed by atoms with E-state index in [1.54, 1.807) is 32.9 Å². The van der Waals surface area contributed by atoms with Gasteiger partial charge >= 0.3 is 11.9 Å². The Kier molecular flexibility index (Phi) is 6.44. The molecule has 0 unspecified atom stereocenters. The van der Waals surface area contributed by atoms with Crippen LogP contribution in [0.15, 0.2) is 17.0 Å². The van der Waals surface area contributed by atoms with E-state index in [1.807, 2.05) is 6.92 Å². The molecule has 0 aliphatic heterocycles. The van der Waals surface area contributed by atoms with Gasteiger partial charge in [0, 0.05) is 4.90 Å². The fourth-order valence-corrected chi connectivity index (χ4v) is 2.04. The van der Waals surface area contributed by atoms with Crippen molar-refractivity contribution in [3.63, 3.8) is 0 Å². The van der Waals surface area contributed by atoms with Crippen molar-refractivity contribution in [3.05, 3.63) is 28.8 Å². The summed E-state index contributed by atoms with van der Waals surface area (Å²) in [6, 6.07) is 3.32. The highest BCUT2D eigenvalue weighted by molar-refractivity contribution is 7.80. The SMILES string of the molecule is COC(=O)c1cc(S)c(C)c(COCC(=O)OC(C)(C)C)c1. The van der Waals surface area contributed by atoms with Crippen LogP contribution in [0.1, 0.15) is 42.3 Å². The van der Waals surface area contributed by atoms with E-state index < -0.39 is 17.5 Å². The highest BCUT2D eigenvalue weighted by atomic mass is 32.1. The Labute approximate surface area is 136 Å². The van der Waals surface area contributed by atoms with E-state index in [-0.39, 0.29) is 13.2 Å². The maximum Gasteiger partial charge on any atom is 0.337 e. The van der Waals surface area contributed by atoms with Crippen LogP contribution in [0, 0.1) is 6.92 Å². The van der Waals surface area contributed by atoms with Crippen LogP contribution in [0.2, 0.25) is 0 Å². The summed E-state index contributed by atoms with van der Waals surface area (Å²) in [5.74, 6) is -0.871. The lowest BCUT2D eigenvalue weighted by atomic mass is 10.1. The summed E-state index contributed by atoms with van der Waals surface area (Å²) in [6.07, 6.45) is 0. The van der Waals surface area contributed by atoms with Gasteiger partial charge in [-0.3, -0.25) is 0 Å². The van der Waals surface area contributed by atoms with Gasteiger partial charge in [-0.15, -0.1) is 12.6 Å². The van der Waals surface area contributed by atoms with Gasteiger partial charge in [-0.25, -0.2) is 9.59 Å². The van der Waals surface area contributed by atoms with Gasteiger partial charge < -0.3 is 14.2 Å². The number of carbonyl (C=O) groups is 2. The van der Waals surface area contributed by atoms with Crippen LogP contribution < -0.4 is 0 Å². The molecule has 0 saturated heterocycles. The topological polar surface area (TPSA) is 61.8 Å². The molecule has 22 heavy (non-hydrogen) atoms. The van der Waals surface area contributed by atoms with E-state index in [1.165, 1.54) is 7.11 Å². The Morgan fingerprint density at radius 3 is 2.41 bits per heavy atom. The van der Waals surface area contributed by atoms with Crippen molar-refractivity contribution in [2.45, 2.75) is 44.8 Å². The number of hydrogen-bond donors (Lipinski definition) is 1. The molecule has 1 aromatic rings. The number of rotatable bonds is 5. The van der Waals surface area contributed by atoms with E-state index in [0.717, 1.165) is 11.1 Å². The summed E-state index contributed by atoms with van der Waals surface area (Å²) >= 11 is 4.33. The van der Waals surface area contributed by atoms with E-state index in [9.17, 15) is 9.59 Å². The van der Waals surface area contributed by atoms with Gasteiger partial charge in [-0.1, -0.05) is 0 Å². The monoisotopic (exact) mass is 326 g/mol. The molecule has 6 heteroatoms. The number of ether oxygens (including phenoxy) is 3. The average molecular weight is 326 g/mol. The minimum Gasteiger partial charge on any atom is -0.465 e. The van der Waals surface area contributed by atoms with E-state index in [2.05, 4.69) is 12.6 Å². The number of methoxy groups -OCH3 is 1. The molecule has 1 rings (SSSR count). The summed E-state index contributed by atoms with van der Waals surface area (Å²) in [5, 5.41) is 0. The van der Waals surface area contributed by atoms with Crippen LogP contribution in [-0.2, 0) is 25.6 Å². The van der Waals surface area contributed by atoms with Gasteiger partial charge in [0.2, 0.25) is 0 Å². The van der Waals surface area contributed by atoms with Crippen molar-refractivity contribution in [1.82, 2.24) is 0 Å². The van der Waals surface area contributed by atoms with Crippen molar-refractivity contribution >= 4 is 24.6 Å². The van der Waals surface area contributed by atoms with Crippen molar-refractivity contribution in [3.8, 4) is 0 Å². The smallest absolute Gasteiger partial charge is 0.337 e. The Hall–Kier alpha value is -1.53. The maximum atomic E-state index is 11.6. The van der Waals surface area contributed by atoms with Crippen molar-refractivity contribution in [2.24, 2.45) is 0 Å². The largest absolute Gasteiger partial charge is 0.465 e. The van der Waals surface area contributed by atoms with Crippen molar-refractivity contribution in [1.29, 1.82) is 0 Å². The molecule has 0 N–H and O–H groups in total. The van der Waals surface area contributed by atoms with Crippen LogP contribution in [0.4, 0.5) is 0 Å². The molecule has 0 atom stereocenters. The third-order valence-electron chi connectivity index (χ3n) is 2.81. The second-order valence-electron chi connectivity index (χ2n) is 5.85.